The summed E-state index contributed by atoms with van der Waals surface area (Å²) in [5.41, 5.74) is 3.81. The molecule has 2 aromatic carbocycles. The van der Waals surface area contributed by atoms with Gasteiger partial charge >= 0.3 is 0 Å². The molecule has 0 bridgehead atoms. The van der Waals surface area contributed by atoms with Crippen molar-refractivity contribution in [1.82, 2.24) is 19.2 Å². The van der Waals surface area contributed by atoms with E-state index in [1.807, 2.05) is 55.5 Å². The molecule has 0 radical (unpaired) electrons. The van der Waals surface area contributed by atoms with E-state index in [1.54, 1.807) is 11.0 Å². The van der Waals surface area contributed by atoms with Gasteiger partial charge in [-0.15, -0.1) is 0 Å². The van der Waals surface area contributed by atoms with E-state index in [0.29, 0.717) is 31.3 Å². The van der Waals surface area contributed by atoms with Crippen LogP contribution in [0, 0.1) is 6.92 Å². The first-order chi connectivity index (χ1) is 14.9. The van der Waals surface area contributed by atoms with Crippen LogP contribution in [0.2, 0.25) is 0 Å². The first-order valence-electron chi connectivity index (χ1n) is 10.0. The number of rotatable bonds is 6. The lowest BCUT2D eigenvalue weighted by molar-refractivity contribution is -0.129. The quantitative estimate of drug-likeness (QED) is 0.576. The molecule has 0 aliphatic carbocycles. The molecule has 0 unspecified atom stereocenters. The fourth-order valence-electron chi connectivity index (χ4n) is 3.40. The largest absolute Gasteiger partial charge is 0.339 e. The summed E-state index contributed by atoms with van der Waals surface area (Å²) in [6.07, 6.45) is 1.60. The lowest BCUT2D eigenvalue weighted by atomic mass is 10.2. The van der Waals surface area contributed by atoms with Gasteiger partial charge in [-0.25, -0.2) is 13.4 Å². The maximum Gasteiger partial charge on any atom is 0.236 e. The zero-order valence-corrected chi connectivity index (χ0v) is 18.8. The molecule has 31 heavy (non-hydrogen) atoms. The van der Waals surface area contributed by atoms with E-state index in [0.717, 1.165) is 22.2 Å². The Morgan fingerprint density at radius 3 is 2.61 bits per heavy atom. The van der Waals surface area contributed by atoms with E-state index < -0.39 is 10.0 Å². The molecule has 0 spiro atoms. The SMILES string of the molecule is Cc1ccc2nc(SCC(=O)N3CCN(S(=O)(=O)C=Cc4ccccc4)CC3)[nH]c2c1. The van der Waals surface area contributed by atoms with Crippen LogP contribution in [0.25, 0.3) is 17.1 Å². The molecule has 162 valence electrons. The molecule has 7 nitrogen and oxygen atoms in total. The van der Waals surface area contributed by atoms with Gasteiger partial charge in [0.1, 0.15) is 0 Å². The van der Waals surface area contributed by atoms with Crippen molar-refractivity contribution in [3.05, 3.63) is 65.1 Å². The fourth-order valence-corrected chi connectivity index (χ4v) is 5.36. The molecule has 0 saturated carbocycles. The Hall–Kier alpha value is -2.62. The number of hydrogen-bond donors (Lipinski definition) is 1. The monoisotopic (exact) mass is 456 g/mol. The predicted molar refractivity (Wildman–Crippen MR) is 124 cm³/mol. The van der Waals surface area contributed by atoms with E-state index in [2.05, 4.69) is 9.97 Å². The highest BCUT2D eigenvalue weighted by atomic mass is 32.2. The molecule has 1 aromatic heterocycles. The smallest absolute Gasteiger partial charge is 0.236 e. The maximum atomic E-state index is 12.6. The summed E-state index contributed by atoms with van der Waals surface area (Å²) in [6, 6.07) is 15.3. The molecule has 4 rings (SSSR count). The molecule has 1 saturated heterocycles. The average Bonchev–Trinajstić information content (AvgIpc) is 3.19. The molecule has 0 atom stereocenters. The van der Waals surface area contributed by atoms with Crippen molar-refractivity contribution >= 4 is 44.8 Å². The van der Waals surface area contributed by atoms with Crippen molar-refractivity contribution in [3.63, 3.8) is 0 Å². The summed E-state index contributed by atoms with van der Waals surface area (Å²) in [6.45, 7) is 3.38. The lowest BCUT2D eigenvalue weighted by Crippen LogP contribution is -2.50. The number of thioether (sulfide) groups is 1. The van der Waals surface area contributed by atoms with E-state index in [1.165, 1.54) is 21.5 Å². The van der Waals surface area contributed by atoms with Gasteiger partial charge in [-0.3, -0.25) is 4.79 Å². The molecule has 2 heterocycles. The van der Waals surface area contributed by atoms with Crippen LogP contribution in [-0.2, 0) is 14.8 Å². The minimum Gasteiger partial charge on any atom is -0.339 e. The van der Waals surface area contributed by atoms with Crippen molar-refractivity contribution < 1.29 is 13.2 Å². The van der Waals surface area contributed by atoms with Crippen LogP contribution < -0.4 is 0 Å². The number of benzene rings is 2. The number of aryl methyl sites for hydroxylation is 1. The van der Waals surface area contributed by atoms with Gasteiger partial charge in [-0.1, -0.05) is 48.2 Å². The van der Waals surface area contributed by atoms with E-state index >= 15 is 0 Å². The second-order valence-electron chi connectivity index (χ2n) is 7.39. The number of aromatic nitrogens is 2. The third-order valence-corrected chi connectivity index (χ3v) is 7.55. The Kier molecular flexibility index (Phi) is 6.45. The van der Waals surface area contributed by atoms with Crippen LogP contribution in [0.1, 0.15) is 11.1 Å². The Morgan fingerprint density at radius 2 is 1.87 bits per heavy atom. The summed E-state index contributed by atoms with van der Waals surface area (Å²) in [7, 11) is -3.51. The van der Waals surface area contributed by atoms with Gasteiger partial charge in [0, 0.05) is 31.6 Å². The Morgan fingerprint density at radius 1 is 1.13 bits per heavy atom. The molecular formula is C22H24N4O3S2. The summed E-state index contributed by atoms with van der Waals surface area (Å²) in [5, 5.41) is 1.94. The molecule has 1 fully saturated rings. The molecule has 9 heteroatoms. The zero-order chi connectivity index (χ0) is 21.8. The van der Waals surface area contributed by atoms with Gasteiger partial charge in [0.05, 0.1) is 16.8 Å². The number of nitrogens with one attached hydrogen (secondary N) is 1. The van der Waals surface area contributed by atoms with Crippen molar-refractivity contribution in [2.75, 3.05) is 31.9 Å². The third kappa shape index (κ3) is 5.36. The van der Waals surface area contributed by atoms with Crippen molar-refractivity contribution in [3.8, 4) is 0 Å². The number of sulfonamides is 1. The summed E-state index contributed by atoms with van der Waals surface area (Å²) < 4.78 is 26.6. The van der Waals surface area contributed by atoms with Crippen molar-refractivity contribution in [2.24, 2.45) is 0 Å². The Bertz CT molecular complexity index is 1200. The van der Waals surface area contributed by atoms with E-state index in [-0.39, 0.29) is 11.7 Å². The summed E-state index contributed by atoms with van der Waals surface area (Å²) in [4.78, 5) is 22.0. The van der Waals surface area contributed by atoms with Gasteiger partial charge in [0.2, 0.25) is 15.9 Å². The average molecular weight is 457 g/mol. The Balaban J connectivity index is 1.29. The van der Waals surface area contributed by atoms with E-state index in [4.69, 9.17) is 0 Å². The van der Waals surface area contributed by atoms with Crippen molar-refractivity contribution in [1.29, 1.82) is 0 Å². The minimum atomic E-state index is -3.51. The first-order valence-corrected chi connectivity index (χ1v) is 12.5. The standard InChI is InChI=1S/C22H24N4O3S2/c1-17-7-8-19-20(15-17)24-22(23-19)30-16-21(27)25-10-12-26(13-11-25)31(28,29)14-9-18-5-3-2-4-6-18/h2-9,14-15H,10-13,16H2,1H3,(H,23,24). The summed E-state index contributed by atoms with van der Waals surface area (Å²) >= 11 is 1.36. The van der Waals surface area contributed by atoms with Gasteiger partial charge in [-0.05, 0) is 36.3 Å². The normalized spacial score (nSPS) is 15.7. The topological polar surface area (TPSA) is 86.4 Å². The molecule has 1 aliphatic heterocycles. The second-order valence-corrected chi connectivity index (χ2v) is 10.2. The highest BCUT2D eigenvalue weighted by Crippen LogP contribution is 2.21. The van der Waals surface area contributed by atoms with Crippen LogP contribution in [0.4, 0.5) is 0 Å². The maximum absolute atomic E-state index is 12.6. The van der Waals surface area contributed by atoms with E-state index in [9.17, 15) is 13.2 Å². The number of imidazole rings is 1. The molecular weight excluding hydrogens is 432 g/mol. The minimum absolute atomic E-state index is 0.0153. The van der Waals surface area contributed by atoms with Crippen LogP contribution in [0.3, 0.4) is 0 Å². The fraction of sp³-hybridized carbons (Fsp3) is 0.273. The molecule has 3 aromatic rings. The number of nitrogens with zero attached hydrogens (tertiary/aromatic N) is 3. The predicted octanol–water partition coefficient (Wildman–Crippen LogP) is 3.11. The number of carbonyl (C=O) groups is 1. The van der Waals surface area contributed by atoms with Crippen LogP contribution >= 0.6 is 11.8 Å². The van der Waals surface area contributed by atoms with Crippen LogP contribution in [0.15, 0.2) is 59.1 Å². The number of carbonyl (C=O) groups excluding carboxylic acids is 1. The van der Waals surface area contributed by atoms with Crippen molar-refractivity contribution in [2.45, 2.75) is 12.1 Å². The highest BCUT2D eigenvalue weighted by molar-refractivity contribution is 7.99. The highest BCUT2D eigenvalue weighted by Gasteiger charge is 2.27. The first kappa shape index (κ1) is 21.6. The van der Waals surface area contributed by atoms with Crippen LogP contribution in [0.5, 0.6) is 0 Å². The second kappa shape index (κ2) is 9.25. The Labute approximate surface area is 186 Å². The zero-order valence-electron chi connectivity index (χ0n) is 17.2. The molecule has 1 N–H and O–H groups in total. The number of hydrogen-bond acceptors (Lipinski definition) is 5. The summed E-state index contributed by atoms with van der Waals surface area (Å²) in [5.74, 6) is 0.248. The molecule has 1 aliphatic rings. The number of piperazine rings is 1. The molecule has 1 amide bonds. The van der Waals surface area contributed by atoms with Gasteiger partial charge in [0.15, 0.2) is 5.16 Å². The van der Waals surface area contributed by atoms with Gasteiger partial charge < -0.3 is 9.88 Å². The number of amides is 1. The van der Waals surface area contributed by atoms with Gasteiger partial charge in [-0.2, -0.15) is 4.31 Å². The van der Waals surface area contributed by atoms with Crippen LogP contribution in [-0.4, -0.2) is 65.4 Å². The number of aromatic amines is 1. The lowest BCUT2D eigenvalue weighted by Gasteiger charge is -2.33. The third-order valence-electron chi connectivity index (χ3n) is 5.13. The van der Waals surface area contributed by atoms with Gasteiger partial charge in [0.25, 0.3) is 0 Å². The number of H-pyrrole nitrogens is 1. The number of fused-ring (bicyclic) bond motifs is 1.